The van der Waals surface area contributed by atoms with E-state index in [9.17, 15) is 8.42 Å². The minimum atomic E-state index is -3.36. The van der Waals surface area contributed by atoms with Crippen molar-refractivity contribution in [2.75, 3.05) is 5.73 Å². The molecule has 100 valence electrons. The maximum atomic E-state index is 12.3. The fraction of sp³-hybridized carbons (Fsp3) is 0.143. The van der Waals surface area contributed by atoms with Crippen LogP contribution >= 0.6 is 15.9 Å². The zero-order valence-corrected chi connectivity index (χ0v) is 12.8. The summed E-state index contributed by atoms with van der Waals surface area (Å²) in [4.78, 5) is 0.320. The second-order valence-corrected chi connectivity index (χ2v) is 7.32. The topological polar surface area (TPSA) is 60.2 Å². The van der Waals surface area contributed by atoms with E-state index in [0.29, 0.717) is 16.1 Å². The molecule has 0 fully saturated rings. The van der Waals surface area contributed by atoms with Crippen LogP contribution in [-0.4, -0.2) is 8.42 Å². The summed E-state index contributed by atoms with van der Waals surface area (Å²) in [6.07, 6.45) is 0. The summed E-state index contributed by atoms with van der Waals surface area (Å²) < 4.78 is 25.4. The molecule has 0 unspecified atom stereocenters. The fourth-order valence-electron chi connectivity index (χ4n) is 1.73. The van der Waals surface area contributed by atoms with E-state index in [4.69, 9.17) is 5.73 Å². The van der Waals surface area contributed by atoms with Gasteiger partial charge in [0.15, 0.2) is 9.84 Å². The predicted molar refractivity (Wildman–Crippen MR) is 80.6 cm³/mol. The SMILES string of the molecule is Cc1ccc(S(=O)(=O)Cc2ccc(Br)cc2N)cc1. The molecule has 3 nitrogen and oxygen atoms in total. The lowest BCUT2D eigenvalue weighted by atomic mass is 10.2. The molecule has 0 bridgehead atoms. The van der Waals surface area contributed by atoms with Gasteiger partial charge in [-0.2, -0.15) is 0 Å². The summed E-state index contributed by atoms with van der Waals surface area (Å²) >= 11 is 3.30. The van der Waals surface area contributed by atoms with E-state index in [0.717, 1.165) is 10.0 Å². The van der Waals surface area contributed by atoms with Crippen LogP contribution in [0.15, 0.2) is 51.8 Å². The number of aryl methyl sites for hydroxylation is 1. The summed E-state index contributed by atoms with van der Waals surface area (Å²) in [6, 6.07) is 12.1. The van der Waals surface area contributed by atoms with Crippen LogP contribution in [0.1, 0.15) is 11.1 Å². The van der Waals surface area contributed by atoms with Gasteiger partial charge in [-0.05, 0) is 36.8 Å². The van der Waals surface area contributed by atoms with Gasteiger partial charge in [0.1, 0.15) is 0 Å². The molecule has 2 rings (SSSR count). The maximum Gasteiger partial charge on any atom is 0.182 e. The molecule has 0 aliphatic carbocycles. The molecule has 0 spiro atoms. The highest BCUT2D eigenvalue weighted by molar-refractivity contribution is 9.10. The third-order valence-electron chi connectivity index (χ3n) is 2.83. The van der Waals surface area contributed by atoms with Crippen molar-refractivity contribution in [1.82, 2.24) is 0 Å². The van der Waals surface area contributed by atoms with Gasteiger partial charge in [-0.15, -0.1) is 0 Å². The van der Waals surface area contributed by atoms with Gasteiger partial charge in [0, 0.05) is 10.2 Å². The Morgan fingerprint density at radius 2 is 1.74 bits per heavy atom. The lowest BCUT2D eigenvalue weighted by molar-refractivity contribution is 0.595. The molecule has 2 N–H and O–H groups in total. The molecule has 19 heavy (non-hydrogen) atoms. The highest BCUT2D eigenvalue weighted by atomic mass is 79.9. The number of hydrogen-bond donors (Lipinski definition) is 1. The second kappa shape index (κ2) is 5.35. The Bertz CT molecular complexity index is 694. The van der Waals surface area contributed by atoms with Gasteiger partial charge in [0.2, 0.25) is 0 Å². The monoisotopic (exact) mass is 339 g/mol. The average Bonchev–Trinajstić information content (AvgIpc) is 2.33. The van der Waals surface area contributed by atoms with Gasteiger partial charge in [-0.25, -0.2) is 8.42 Å². The van der Waals surface area contributed by atoms with Crippen LogP contribution in [0, 0.1) is 6.92 Å². The van der Waals surface area contributed by atoms with E-state index in [1.807, 2.05) is 6.92 Å². The number of sulfone groups is 1. The van der Waals surface area contributed by atoms with Gasteiger partial charge in [-0.1, -0.05) is 39.7 Å². The van der Waals surface area contributed by atoms with Gasteiger partial charge in [-0.3, -0.25) is 0 Å². The molecule has 0 aromatic heterocycles. The standard InChI is InChI=1S/C14H14BrNO2S/c1-10-2-6-13(7-3-10)19(17,18)9-11-4-5-12(15)8-14(11)16/h2-8H,9,16H2,1H3. The van der Waals surface area contributed by atoms with E-state index in [1.54, 1.807) is 42.5 Å². The van der Waals surface area contributed by atoms with Crippen molar-refractivity contribution >= 4 is 31.5 Å². The van der Waals surface area contributed by atoms with Crippen LogP contribution in [-0.2, 0) is 15.6 Å². The Labute approximate surface area is 121 Å². The molecule has 0 radical (unpaired) electrons. The van der Waals surface area contributed by atoms with Gasteiger partial charge < -0.3 is 5.73 Å². The van der Waals surface area contributed by atoms with Gasteiger partial charge in [0.05, 0.1) is 10.6 Å². The molecule has 2 aromatic carbocycles. The Morgan fingerprint density at radius 1 is 1.11 bits per heavy atom. The summed E-state index contributed by atoms with van der Waals surface area (Å²) in [5, 5.41) is 0. The molecule has 0 heterocycles. The molecule has 0 amide bonds. The number of nitrogen functional groups attached to an aromatic ring is 1. The van der Waals surface area contributed by atoms with Crippen molar-refractivity contribution in [1.29, 1.82) is 0 Å². The first-order valence-corrected chi connectivity index (χ1v) is 8.16. The lowest BCUT2D eigenvalue weighted by Gasteiger charge is -2.08. The molecule has 5 heteroatoms. The van der Waals surface area contributed by atoms with Crippen molar-refractivity contribution in [3.63, 3.8) is 0 Å². The van der Waals surface area contributed by atoms with Crippen LogP contribution in [0.5, 0.6) is 0 Å². The van der Waals surface area contributed by atoms with Crippen LogP contribution in [0.2, 0.25) is 0 Å². The van der Waals surface area contributed by atoms with Crippen LogP contribution in [0.3, 0.4) is 0 Å². The van der Waals surface area contributed by atoms with E-state index in [2.05, 4.69) is 15.9 Å². The van der Waals surface area contributed by atoms with Crippen molar-refractivity contribution in [3.05, 3.63) is 58.1 Å². The van der Waals surface area contributed by atoms with Gasteiger partial charge >= 0.3 is 0 Å². The lowest BCUT2D eigenvalue weighted by Crippen LogP contribution is -2.07. The van der Waals surface area contributed by atoms with Crippen LogP contribution < -0.4 is 5.73 Å². The highest BCUT2D eigenvalue weighted by Crippen LogP contribution is 2.23. The number of halogens is 1. The number of hydrogen-bond acceptors (Lipinski definition) is 3. The zero-order valence-electron chi connectivity index (χ0n) is 10.4. The van der Waals surface area contributed by atoms with Crippen molar-refractivity contribution in [3.8, 4) is 0 Å². The smallest absolute Gasteiger partial charge is 0.182 e. The van der Waals surface area contributed by atoms with Crippen LogP contribution in [0.4, 0.5) is 5.69 Å². The minimum Gasteiger partial charge on any atom is -0.398 e. The zero-order chi connectivity index (χ0) is 14.0. The molecular formula is C14H14BrNO2S. The Morgan fingerprint density at radius 3 is 2.32 bits per heavy atom. The molecule has 0 aliphatic heterocycles. The van der Waals surface area contributed by atoms with E-state index in [1.165, 1.54) is 0 Å². The molecule has 0 saturated heterocycles. The van der Waals surface area contributed by atoms with E-state index in [-0.39, 0.29) is 5.75 Å². The number of nitrogens with two attached hydrogens (primary N) is 1. The first kappa shape index (κ1) is 14.1. The highest BCUT2D eigenvalue weighted by Gasteiger charge is 2.16. The normalized spacial score (nSPS) is 11.5. The molecule has 0 saturated carbocycles. The van der Waals surface area contributed by atoms with Crippen molar-refractivity contribution < 1.29 is 8.42 Å². The summed E-state index contributed by atoms with van der Waals surface area (Å²) in [5.41, 5.74) is 7.96. The summed E-state index contributed by atoms with van der Waals surface area (Å²) in [7, 11) is -3.36. The first-order chi connectivity index (χ1) is 8.88. The third kappa shape index (κ3) is 3.36. The van der Waals surface area contributed by atoms with E-state index >= 15 is 0 Å². The van der Waals surface area contributed by atoms with Crippen LogP contribution in [0.25, 0.3) is 0 Å². The predicted octanol–water partition coefficient (Wildman–Crippen LogP) is 3.31. The van der Waals surface area contributed by atoms with Crippen molar-refractivity contribution in [2.24, 2.45) is 0 Å². The third-order valence-corrected chi connectivity index (χ3v) is 5.01. The quantitative estimate of drug-likeness (QED) is 0.872. The summed E-state index contributed by atoms with van der Waals surface area (Å²) in [6.45, 7) is 1.92. The summed E-state index contributed by atoms with van der Waals surface area (Å²) in [5.74, 6) is -0.0881. The second-order valence-electron chi connectivity index (χ2n) is 4.42. The average molecular weight is 340 g/mol. The minimum absolute atomic E-state index is 0.0881. The molecular weight excluding hydrogens is 326 g/mol. The number of anilines is 1. The van der Waals surface area contributed by atoms with E-state index < -0.39 is 9.84 Å². The maximum absolute atomic E-state index is 12.3. The fourth-order valence-corrected chi connectivity index (χ4v) is 3.50. The Hall–Kier alpha value is -1.33. The van der Waals surface area contributed by atoms with Crippen molar-refractivity contribution in [2.45, 2.75) is 17.6 Å². The number of rotatable bonds is 3. The number of benzene rings is 2. The molecule has 2 aromatic rings. The largest absolute Gasteiger partial charge is 0.398 e. The molecule has 0 aliphatic rings. The Balaban J connectivity index is 2.33. The molecule has 0 atom stereocenters. The Kier molecular flexibility index (Phi) is 3.96. The first-order valence-electron chi connectivity index (χ1n) is 5.72. The van der Waals surface area contributed by atoms with Gasteiger partial charge in [0.25, 0.3) is 0 Å².